The quantitative estimate of drug-likeness (QED) is 0.0979. The maximum atomic E-state index is 11.4. The zero-order chi connectivity index (χ0) is 27.4. The van der Waals surface area contributed by atoms with Crippen LogP contribution in [-0.2, 0) is 14.4 Å². The van der Waals surface area contributed by atoms with Crippen molar-refractivity contribution in [2.24, 2.45) is 17.8 Å². The molecule has 0 aromatic rings. The average molecular weight is 512 g/mol. The van der Waals surface area contributed by atoms with Crippen molar-refractivity contribution in [3.63, 3.8) is 0 Å². The molecular formula is C29H53NO6. The molecule has 210 valence electrons. The Bertz CT molecular complexity index is 575. The highest BCUT2D eigenvalue weighted by Crippen LogP contribution is 2.22. The molecule has 0 aromatic carbocycles. The molecule has 0 amide bonds. The summed E-state index contributed by atoms with van der Waals surface area (Å²) in [6, 6.07) is 0. The van der Waals surface area contributed by atoms with Crippen LogP contribution in [0.2, 0.25) is 0 Å². The molecular weight excluding hydrogens is 458 g/mol. The number of carbonyl (C=O) groups is 3. The highest BCUT2D eigenvalue weighted by molar-refractivity contribution is 5.69. The molecule has 0 spiro atoms. The van der Waals surface area contributed by atoms with E-state index in [4.69, 9.17) is 0 Å². The topological polar surface area (TPSA) is 115 Å². The van der Waals surface area contributed by atoms with E-state index < -0.39 is 35.7 Å². The SMILES string of the molecule is C=CCCCCCCCCCCCC[N+](CCC(C)C(=O)[O-])(CCC(C)C(=O)O)CCC(C)C(=O)O. The van der Waals surface area contributed by atoms with Crippen molar-refractivity contribution in [2.75, 3.05) is 26.2 Å². The number of carboxylic acids is 3. The minimum absolute atomic E-state index is 0.442. The van der Waals surface area contributed by atoms with E-state index in [-0.39, 0.29) is 0 Å². The van der Waals surface area contributed by atoms with Crippen molar-refractivity contribution in [3.05, 3.63) is 12.7 Å². The minimum Gasteiger partial charge on any atom is -0.550 e. The van der Waals surface area contributed by atoms with Crippen LogP contribution in [-0.4, -0.2) is 58.8 Å². The lowest BCUT2D eigenvalue weighted by molar-refractivity contribution is -0.929. The van der Waals surface area contributed by atoms with Crippen molar-refractivity contribution in [1.29, 1.82) is 0 Å². The molecule has 0 aliphatic carbocycles. The Balaban J connectivity index is 4.89. The fourth-order valence-electron chi connectivity index (χ4n) is 4.59. The first-order chi connectivity index (χ1) is 17.0. The van der Waals surface area contributed by atoms with Gasteiger partial charge in [0.15, 0.2) is 0 Å². The normalized spacial score (nSPS) is 15.5. The number of hydrogen-bond acceptors (Lipinski definition) is 4. The number of aliphatic carboxylic acids is 3. The summed E-state index contributed by atoms with van der Waals surface area (Å²) in [5.41, 5.74) is 0. The molecule has 0 fully saturated rings. The Hall–Kier alpha value is -1.89. The molecule has 0 saturated heterocycles. The Morgan fingerprint density at radius 1 is 0.667 bits per heavy atom. The zero-order valence-electron chi connectivity index (χ0n) is 23.2. The first-order valence-electron chi connectivity index (χ1n) is 14.2. The van der Waals surface area contributed by atoms with E-state index in [1.165, 1.54) is 44.9 Å². The van der Waals surface area contributed by atoms with Crippen LogP contribution < -0.4 is 5.11 Å². The predicted octanol–water partition coefficient (Wildman–Crippen LogP) is 5.28. The van der Waals surface area contributed by atoms with E-state index in [1.807, 2.05) is 6.08 Å². The smallest absolute Gasteiger partial charge is 0.306 e. The molecule has 36 heavy (non-hydrogen) atoms. The molecule has 0 saturated carbocycles. The molecule has 0 heterocycles. The predicted molar refractivity (Wildman–Crippen MR) is 142 cm³/mol. The van der Waals surface area contributed by atoms with Gasteiger partial charge < -0.3 is 24.6 Å². The van der Waals surface area contributed by atoms with Gasteiger partial charge in [-0.3, -0.25) is 9.59 Å². The van der Waals surface area contributed by atoms with Gasteiger partial charge in [0, 0.05) is 31.1 Å². The molecule has 0 aromatic heterocycles. The Morgan fingerprint density at radius 2 is 1.03 bits per heavy atom. The first-order valence-corrected chi connectivity index (χ1v) is 14.2. The molecule has 2 N–H and O–H groups in total. The molecule has 0 aliphatic heterocycles. The van der Waals surface area contributed by atoms with Crippen molar-refractivity contribution in [2.45, 2.75) is 111 Å². The number of rotatable bonds is 25. The molecule has 3 atom stereocenters. The van der Waals surface area contributed by atoms with E-state index in [9.17, 15) is 29.7 Å². The second-order valence-corrected chi connectivity index (χ2v) is 10.9. The summed E-state index contributed by atoms with van der Waals surface area (Å²) in [5.74, 6) is -4.32. The van der Waals surface area contributed by atoms with Gasteiger partial charge in [-0.25, -0.2) is 0 Å². The van der Waals surface area contributed by atoms with E-state index in [0.717, 1.165) is 32.2 Å². The summed E-state index contributed by atoms with van der Waals surface area (Å²) >= 11 is 0. The summed E-state index contributed by atoms with van der Waals surface area (Å²) in [6.07, 6.45) is 16.6. The zero-order valence-corrected chi connectivity index (χ0v) is 23.2. The third-order valence-corrected chi connectivity index (χ3v) is 7.65. The molecule has 0 aliphatic rings. The lowest BCUT2D eigenvalue weighted by Gasteiger charge is -2.41. The van der Waals surface area contributed by atoms with Gasteiger partial charge in [0.05, 0.1) is 38.0 Å². The maximum absolute atomic E-state index is 11.4. The highest BCUT2D eigenvalue weighted by Gasteiger charge is 2.30. The number of quaternary nitrogens is 1. The molecule has 7 heteroatoms. The van der Waals surface area contributed by atoms with Gasteiger partial charge in [-0.1, -0.05) is 71.8 Å². The van der Waals surface area contributed by atoms with Crippen molar-refractivity contribution >= 4 is 17.9 Å². The number of hydrogen-bond donors (Lipinski definition) is 2. The highest BCUT2D eigenvalue weighted by atomic mass is 16.4. The number of unbranched alkanes of at least 4 members (excludes halogenated alkanes) is 10. The second-order valence-electron chi connectivity index (χ2n) is 10.9. The summed E-state index contributed by atoms with van der Waals surface area (Å²) in [4.78, 5) is 34.2. The van der Waals surface area contributed by atoms with Gasteiger partial charge >= 0.3 is 11.9 Å². The fraction of sp³-hybridized carbons (Fsp3) is 0.828. The number of carboxylic acid groups (broad SMARTS) is 3. The van der Waals surface area contributed by atoms with Crippen LogP contribution in [0.3, 0.4) is 0 Å². The summed E-state index contributed by atoms with van der Waals surface area (Å²) in [7, 11) is 0. The van der Waals surface area contributed by atoms with Gasteiger partial charge in [-0.15, -0.1) is 6.58 Å². The number of allylic oxidation sites excluding steroid dienone is 1. The summed E-state index contributed by atoms with van der Waals surface area (Å²) in [6.45, 7) is 11.4. The van der Waals surface area contributed by atoms with Crippen LogP contribution >= 0.6 is 0 Å². The molecule has 0 rings (SSSR count). The lowest BCUT2D eigenvalue weighted by Crippen LogP contribution is -2.52. The second kappa shape index (κ2) is 20.2. The third kappa shape index (κ3) is 16.7. The minimum atomic E-state index is -1.08. The molecule has 0 bridgehead atoms. The summed E-state index contributed by atoms with van der Waals surface area (Å²) < 4.78 is 0.581. The largest absolute Gasteiger partial charge is 0.550 e. The summed E-state index contributed by atoms with van der Waals surface area (Å²) in [5, 5.41) is 30.1. The first kappa shape index (κ1) is 34.1. The maximum Gasteiger partial charge on any atom is 0.306 e. The van der Waals surface area contributed by atoms with Gasteiger partial charge in [0.1, 0.15) is 0 Å². The van der Waals surface area contributed by atoms with Crippen LogP contribution in [0, 0.1) is 17.8 Å². The van der Waals surface area contributed by atoms with Crippen LogP contribution in [0.1, 0.15) is 111 Å². The molecule has 3 unspecified atom stereocenters. The third-order valence-electron chi connectivity index (χ3n) is 7.65. The average Bonchev–Trinajstić information content (AvgIpc) is 2.84. The monoisotopic (exact) mass is 511 g/mol. The van der Waals surface area contributed by atoms with E-state index >= 15 is 0 Å². The van der Waals surface area contributed by atoms with E-state index in [2.05, 4.69) is 6.58 Å². The number of carbonyl (C=O) groups excluding carboxylic acids is 1. The molecule has 0 radical (unpaired) electrons. The van der Waals surface area contributed by atoms with Gasteiger partial charge in [-0.05, 0) is 25.7 Å². The van der Waals surface area contributed by atoms with E-state index in [0.29, 0.717) is 43.4 Å². The standard InChI is InChI=1S/C29H53NO6/c1-5-6-7-8-9-10-11-12-13-14-15-16-20-30(21-17-24(2)27(31)32,22-18-25(3)28(33)34)23-19-26(4)29(35)36/h5,24-26H,1,6-23H2,2-4H3,(H2-,31,32,33,34,35,36). The van der Waals surface area contributed by atoms with Crippen LogP contribution in [0.25, 0.3) is 0 Å². The van der Waals surface area contributed by atoms with Gasteiger partial charge in [-0.2, -0.15) is 0 Å². The van der Waals surface area contributed by atoms with Crippen LogP contribution in [0.5, 0.6) is 0 Å². The Kier molecular flexibility index (Phi) is 19.1. The van der Waals surface area contributed by atoms with Gasteiger partial charge in [0.25, 0.3) is 0 Å². The van der Waals surface area contributed by atoms with Crippen molar-refractivity contribution in [3.8, 4) is 0 Å². The van der Waals surface area contributed by atoms with Crippen molar-refractivity contribution in [1.82, 2.24) is 0 Å². The Labute approximate surface area is 219 Å². The number of nitrogens with zero attached hydrogens (tertiary/aromatic N) is 1. The van der Waals surface area contributed by atoms with Gasteiger partial charge in [0.2, 0.25) is 0 Å². The van der Waals surface area contributed by atoms with Crippen LogP contribution in [0.4, 0.5) is 0 Å². The lowest BCUT2D eigenvalue weighted by atomic mass is 10.0. The molecule has 7 nitrogen and oxygen atoms in total. The van der Waals surface area contributed by atoms with Crippen LogP contribution in [0.15, 0.2) is 12.7 Å². The fourth-order valence-corrected chi connectivity index (χ4v) is 4.59. The Morgan fingerprint density at radius 3 is 1.39 bits per heavy atom. The van der Waals surface area contributed by atoms with E-state index in [1.54, 1.807) is 20.8 Å². The van der Waals surface area contributed by atoms with Crippen molar-refractivity contribution < 1.29 is 34.2 Å².